The van der Waals surface area contributed by atoms with Crippen LogP contribution in [0.2, 0.25) is 0 Å². The van der Waals surface area contributed by atoms with Gasteiger partial charge in [0.2, 0.25) is 0 Å². The Morgan fingerprint density at radius 1 is 1.35 bits per heavy atom. The predicted octanol–water partition coefficient (Wildman–Crippen LogP) is 3.28. The Labute approximate surface area is 136 Å². The molecule has 6 heteroatoms. The second kappa shape index (κ2) is 6.84. The van der Waals surface area contributed by atoms with Gasteiger partial charge in [0.1, 0.15) is 0 Å². The van der Waals surface area contributed by atoms with Gasteiger partial charge >= 0.3 is 0 Å². The van der Waals surface area contributed by atoms with E-state index in [0.29, 0.717) is 13.2 Å². The Kier molecular flexibility index (Phi) is 4.82. The minimum atomic E-state index is -0.356. The Morgan fingerprint density at radius 3 is 2.83 bits per heavy atom. The third kappa shape index (κ3) is 3.48. The number of methoxy groups -OCH3 is 1. The summed E-state index contributed by atoms with van der Waals surface area (Å²) in [6.07, 6.45) is 5.95. The summed E-state index contributed by atoms with van der Waals surface area (Å²) < 4.78 is 11.4. The van der Waals surface area contributed by atoms with Crippen molar-refractivity contribution in [3.05, 3.63) is 33.9 Å². The number of benzene rings is 1. The predicted molar refractivity (Wildman–Crippen MR) is 87.8 cm³/mol. The monoisotopic (exact) mass is 320 g/mol. The molecule has 1 aromatic rings. The molecule has 126 valence electrons. The highest BCUT2D eigenvalue weighted by atomic mass is 16.6. The van der Waals surface area contributed by atoms with Gasteiger partial charge in [-0.25, -0.2) is 0 Å². The SMILES string of the molecule is COCc1cc([N+](=O)[O-])ccc1N1CCOC2(CCCCC2)C1. The van der Waals surface area contributed by atoms with Crippen molar-refractivity contribution < 1.29 is 14.4 Å². The molecular weight excluding hydrogens is 296 g/mol. The molecule has 1 aromatic carbocycles. The molecular formula is C17H24N2O4. The molecule has 0 aromatic heterocycles. The van der Waals surface area contributed by atoms with Gasteiger partial charge in [-0.1, -0.05) is 19.3 Å². The Balaban J connectivity index is 1.86. The van der Waals surface area contributed by atoms with E-state index in [2.05, 4.69) is 4.90 Å². The first-order valence-corrected chi connectivity index (χ1v) is 8.29. The number of hydrogen-bond donors (Lipinski definition) is 0. The molecule has 6 nitrogen and oxygen atoms in total. The lowest BCUT2D eigenvalue weighted by molar-refractivity contribution is -0.384. The van der Waals surface area contributed by atoms with Crippen molar-refractivity contribution in [3.8, 4) is 0 Å². The van der Waals surface area contributed by atoms with Crippen LogP contribution in [0.1, 0.15) is 37.7 Å². The summed E-state index contributed by atoms with van der Waals surface area (Å²) in [7, 11) is 1.62. The van der Waals surface area contributed by atoms with Crippen molar-refractivity contribution in [1.29, 1.82) is 0 Å². The zero-order valence-corrected chi connectivity index (χ0v) is 13.6. The fourth-order valence-corrected chi connectivity index (χ4v) is 3.81. The molecule has 1 saturated carbocycles. The maximum atomic E-state index is 11.0. The number of morpholine rings is 1. The van der Waals surface area contributed by atoms with Gasteiger partial charge in [-0.3, -0.25) is 10.1 Å². The molecule has 1 heterocycles. The highest BCUT2D eigenvalue weighted by Gasteiger charge is 2.38. The zero-order valence-electron chi connectivity index (χ0n) is 13.6. The van der Waals surface area contributed by atoms with Gasteiger partial charge in [0.15, 0.2) is 0 Å². The van der Waals surface area contributed by atoms with E-state index in [1.807, 2.05) is 6.07 Å². The van der Waals surface area contributed by atoms with Crippen molar-refractivity contribution in [3.63, 3.8) is 0 Å². The second-order valence-corrected chi connectivity index (χ2v) is 6.52. The number of nitro groups is 1. The van der Waals surface area contributed by atoms with Crippen molar-refractivity contribution in [2.24, 2.45) is 0 Å². The van der Waals surface area contributed by atoms with Gasteiger partial charge in [0.25, 0.3) is 5.69 Å². The Hall–Kier alpha value is -1.66. The van der Waals surface area contributed by atoms with E-state index < -0.39 is 0 Å². The first-order chi connectivity index (χ1) is 11.1. The van der Waals surface area contributed by atoms with E-state index in [9.17, 15) is 10.1 Å². The van der Waals surface area contributed by atoms with Gasteiger partial charge in [-0.15, -0.1) is 0 Å². The van der Waals surface area contributed by atoms with Crippen LogP contribution < -0.4 is 4.90 Å². The molecule has 0 N–H and O–H groups in total. The molecule has 1 spiro atoms. The van der Waals surface area contributed by atoms with Crippen LogP contribution in [0.4, 0.5) is 11.4 Å². The molecule has 1 aliphatic heterocycles. The molecule has 2 fully saturated rings. The average Bonchev–Trinajstić information content (AvgIpc) is 2.56. The molecule has 23 heavy (non-hydrogen) atoms. The molecule has 3 rings (SSSR count). The number of nitro benzene ring substituents is 1. The maximum Gasteiger partial charge on any atom is 0.269 e. The molecule has 0 radical (unpaired) electrons. The minimum Gasteiger partial charge on any atom is -0.380 e. The number of rotatable bonds is 4. The van der Waals surface area contributed by atoms with Gasteiger partial charge in [-0.05, 0) is 18.9 Å². The number of nitrogens with zero attached hydrogens (tertiary/aromatic N) is 2. The van der Waals surface area contributed by atoms with E-state index >= 15 is 0 Å². The standard InChI is InChI=1S/C17H24N2O4/c1-22-12-14-11-15(19(20)21)5-6-16(14)18-9-10-23-17(13-18)7-3-2-4-8-17/h5-6,11H,2-4,7-10,12-13H2,1H3. The molecule has 1 saturated heterocycles. The fourth-order valence-electron chi connectivity index (χ4n) is 3.81. The van der Waals surface area contributed by atoms with E-state index in [0.717, 1.165) is 37.2 Å². The molecule has 1 aliphatic carbocycles. The highest BCUT2D eigenvalue weighted by Crippen LogP contribution is 2.37. The summed E-state index contributed by atoms with van der Waals surface area (Å²) in [5.74, 6) is 0. The smallest absolute Gasteiger partial charge is 0.269 e. The summed E-state index contributed by atoms with van der Waals surface area (Å²) >= 11 is 0. The summed E-state index contributed by atoms with van der Waals surface area (Å²) in [4.78, 5) is 13.0. The normalized spacial score (nSPS) is 20.7. The lowest BCUT2D eigenvalue weighted by atomic mass is 9.83. The largest absolute Gasteiger partial charge is 0.380 e. The van der Waals surface area contributed by atoms with Crippen LogP contribution in [0.5, 0.6) is 0 Å². The van der Waals surface area contributed by atoms with Gasteiger partial charge in [0.05, 0.1) is 23.7 Å². The van der Waals surface area contributed by atoms with E-state index in [-0.39, 0.29) is 16.2 Å². The van der Waals surface area contributed by atoms with E-state index in [1.165, 1.54) is 19.3 Å². The second-order valence-electron chi connectivity index (χ2n) is 6.52. The van der Waals surface area contributed by atoms with Crippen LogP contribution >= 0.6 is 0 Å². The number of non-ortho nitro benzene ring substituents is 1. The zero-order chi connectivity index (χ0) is 16.3. The van der Waals surface area contributed by atoms with E-state index in [4.69, 9.17) is 9.47 Å². The van der Waals surface area contributed by atoms with Crippen LogP contribution in [0.25, 0.3) is 0 Å². The fraction of sp³-hybridized carbons (Fsp3) is 0.647. The van der Waals surface area contributed by atoms with Crippen molar-refractivity contribution in [1.82, 2.24) is 0 Å². The van der Waals surface area contributed by atoms with Gasteiger partial charge < -0.3 is 14.4 Å². The number of anilines is 1. The molecule has 2 aliphatic rings. The van der Waals surface area contributed by atoms with Crippen LogP contribution in [0, 0.1) is 10.1 Å². The molecule has 0 atom stereocenters. The average molecular weight is 320 g/mol. The van der Waals surface area contributed by atoms with Crippen molar-refractivity contribution in [2.45, 2.75) is 44.3 Å². The summed E-state index contributed by atoms with van der Waals surface area (Å²) in [6.45, 7) is 2.77. The van der Waals surface area contributed by atoms with Crippen LogP contribution in [0.15, 0.2) is 18.2 Å². The summed E-state index contributed by atoms with van der Waals surface area (Å²) in [5.41, 5.74) is 1.98. The first-order valence-electron chi connectivity index (χ1n) is 8.29. The topological polar surface area (TPSA) is 64.8 Å². The number of hydrogen-bond acceptors (Lipinski definition) is 5. The lowest BCUT2D eigenvalue weighted by Crippen LogP contribution is -2.53. The van der Waals surface area contributed by atoms with E-state index in [1.54, 1.807) is 19.2 Å². The first kappa shape index (κ1) is 16.2. The Bertz CT molecular complexity index is 564. The maximum absolute atomic E-state index is 11.0. The molecule has 0 unspecified atom stereocenters. The van der Waals surface area contributed by atoms with Crippen LogP contribution in [-0.4, -0.2) is 37.3 Å². The molecule has 0 amide bonds. The number of ether oxygens (including phenoxy) is 2. The third-order valence-corrected chi connectivity index (χ3v) is 4.93. The summed E-state index contributed by atoms with van der Waals surface area (Å²) in [6, 6.07) is 5.06. The minimum absolute atomic E-state index is 0.0391. The summed E-state index contributed by atoms with van der Waals surface area (Å²) in [5, 5.41) is 11.0. The van der Waals surface area contributed by atoms with Gasteiger partial charge in [-0.2, -0.15) is 0 Å². The third-order valence-electron chi connectivity index (χ3n) is 4.93. The van der Waals surface area contributed by atoms with Gasteiger partial charge in [0, 0.05) is 43.6 Å². The van der Waals surface area contributed by atoms with Crippen molar-refractivity contribution in [2.75, 3.05) is 31.7 Å². The Morgan fingerprint density at radius 2 is 2.13 bits per heavy atom. The highest BCUT2D eigenvalue weighted by molar-refractivity contribution is 5.58. The van der Waals surface area contributed by atoms with Crippen LogP contribution in [0.3, 0.4) is 0 Å². The lowest BCUT2D eigenvalue weighted by Gasteiger charge is -2.46. The van der Waals surface area contributed by atoms with Crippen LogP contribution in [-0.2, 0) is 16.1 Å². The quantitative estimate of drug-likeness (QED) is 0.629. The van der Waals surface area contributed by atoms with Crippen molar-refractivity contribution >= 4 is 11.4 Å². The molecule has 0 bridgehead atoms.